The van der Waals surface area contributed by atoms with Crippen molar-refractivity contribution in [1.29, 1.82) is 0 Å². The predicted octanol–water partition coefficient (Wildman–Crippen LogP) is 2.05. The van der Waals surface area contributed by atoms with Gasteiger partial charge in [0.2, 0.25) is 5.91 Å². The summed E-state index contributed by atoms with van der Waals surface area (Å²) in [4.78, 5) is 11.0. The van der Waals surface area contributed by atoms with Gasteiger partial charge in [0.05, 0.1) is 0 Å². The zero-order valence-corrected chi connectivity index (χ0v) is 11.0. The van der Waals surface area contributed by atoms with E-state index in [0.717, 1.165) is 30.9 Å². The van der Waals surface area contributed by atoms with Crippen LogP contribution in [0.4, 0.5) is 11.4 Å². The molecule has 0 aliphatic carbocycles. The van der Waals surface area contributed by atoms with Gasteiger partial charge in [-0.3, -0.25) is 4.79 Å². The van der Waals surface area contributed by atoms with Crippen LogP contribution in [0.3, 0.4) is 0 Å². The van der Waals surface area contributed by atoms with Crippen LogP contribution in [0.15, 0.2) is 24.3 Å². The summed E-state index contributed by atoms with van der Waals surface area (Å²) in [6, 6.07) is 8.38. The molecule has 1 aromatic rings. The van der Waals surface area contributed by atoms with Gasteiger partial charge in [0, 0.05) is 24.3 Å². The summed E-state index contributed by atoms with van der Waals surface area (Å²) in [6.45, 7) is 5.90. The smallest absolute Gasteiger partial charge is 0.221 e. The van der Waals surface area contributed by atoms with Crippen molar-refractivity contribution in [3.8, 4) is 0 Å². The lowest BCUT2D eigenvalue weighted by Crippen LogP contribution is -2.42. The normalized spacial score (nSPS) is 23.4. The van der Waals surface area contributed by atoms with Gasteiger partial charge in [0.25, 0.3) is 0 Å². The average Bonchev–Trinajstić information content (AvgIpc) is 2.32. The first-order chi connectivity index (χ1) is 8.65. The molecule has 18 heavy (non-hydrogen) atoms. The Hall–Kier alpha value is -1.55. The number of hydrogen-bond donors (Lipinski definition) is 3. The number of nitrogens with one attached hydrogen (secondary N) is 3. The van der Waals surface area contributed by atoms with Crippen molar-refractivity contribution in [2.75, 3.05) is 23.7 Å². The van der Waals surface area contributed by atoms with E-state index in [-0.39, 0.29) is 5.91 Å². The molecular weight excluding hydrogens is 226 g/mol. The molecule has 1 amide bonds. The van der Waals surface area contributed by atoms with E-state index < -0.39 is 0 Å². The van der Waals surface area contributed by atoms with Gasteiger partial charge in [0.15, 0.2) is 0 Å². The SMILES string of the molecule is CC(=O)Nc1cccc(N[C@@H]2CCNC[C@H]2C)c1. The van der Waals surface area contributed by atoms with Crippen molar-refractivity contribution >= 4 is 17.3 Å². The van der Waals surface area contributed by atoms with Gasteiger partial charge in [0.1, 0.15) is 0 Å². The Morgan fingerprint density at radius 2 is 2.17 bits per heavy atom. The zero-order chi connectivity index (χ0) is 13.0. The highest BCUT2D eigenvalue weighted by Crippen LogP contribution is 2.20. The second-order valence-electron chi connectivity index (χ2n) is 4.98. The number of carbonyl (C=O) groups is 1. The molecule has 0 aromatic heterocycles. The molecule has 4 nitrogen and oxygen atoms in total. The number of benzene rings is 1. The van der Waals surface area contributed by atoms with Crippen molar-refractivity contribution in [2.45, 2.75) is 26.3 Å². The van der Waals surface area contributed by atoms with E-state index in [1.54, 1.807) is 0 Å². The van der Waals surface area contributed by atoms with E-state index in [9.17, 15) is 4.79 Å². The largest absolute Gasteiger partial charge is 0.382 e. The maximum Gasteiger partial charge on any atom is 0.221 e. The van der Waals surface area contributed by atoms with E-state index >= 15 is 0 Å². The van der Waals surface area contributed by atoms with Crippen molar-refractivity contribution in [3.63, 3.8) is 0 Å². The Morgan fingerprint density at radius 3 is 2.89 bits per heavy atom. The fourth-order valence-corrected chi connectivity index (χ4v) is 2.33. The first-order valence-corrected chi connectivity index (χ1v) is 6.50. The number of carbonyl (C=O) groups excluding carboxylic acids is 1. The van der Waals surface area contributed by atoms with Crippen LogP contribution in [0, 0.1) is 5.92 Å². The molecule has 3 N–H and O–H groups in total. The minimum Gasteiger partial charge on any atom is -0.382 e. The van der Waals surface area contributed by atoms with Crippen LogP contribution in [0.1, 0.15) is 20.3 Å². The van der Waals surface area contributed by atoms with E-state index in [1.807, 2.05) is 24.3 Å². The Kier molecular flexibility index (Phi) is 4.20. The maximum absolute atomic E-state index is 11.0. The standard InChI is InChI=1S/C14H21N3O/c1-10-9-15-7-6-14(10)17-13-5-3-4-12(8-13)16-11(2)18/h3-5,8,10,14-15,17H,6-7,9H2,1-2H3,(H,16,18)/t10-,14-/m1/s1. The van der Waals surface area contributed by atoms with E-state index in [2.05, 4.69) is 22.9 Å². The lowest BCUT2D eigenvalue weighted by Gasteiger charge is -2.31. The second kappa shape index (κ2) is 5.87. The van der Waals surface area contributed by atoms with Gasteiger partial charge in [-0.25, -0.2) is 0 Å². The van der Waals surface area contributed by atoms with Crippen LogP contribution < -0.4 is 16.0 Å². The molecule has 1 aliphatic rings. The van der Waals surface area contributed by atoms with Gasteiger partial charge < -0.3 is 16.0 Å². The number of rotatable bonds is 3. The summed E-state index contributed by atoms with van der Waals surface area (Å²) in [5.74, 6) is 0.575. The van der Waals surface area contributed by atoms with Gasteiger partial charge >= 0.3 is 0 Å². The number of piperidine rings is 1. The Morgan fingerprint density at radius 1 is 1.39 bits per heavy atom. The summed E-state index contributed by atoms with van der Waals surface area (Å²) >= 11 is 0. The fraction of sp³-hybridized carbons (Fsp3) is 0.500. The number of hydrogen-bond acceptors (Lipinski definition) is 3. The van der Waals surface area contributed by atoms with Gasteiger partial charge in [-0.1, -0.05) is 13.0 Å². The van der Waals surface area contributed by atoms with Gasteiger partial charge in [-0.2, -0.15) is 0 Å². The highest BCUT2D eigenvalue weighted by Gasteiger charge is 2.20. The summed E-state index contributed by atoms with van der Waals surface area (Å²) in [5, 5.41) is 9.75. The van der Waals surface area contributed by atoms with Gasteiger partial charge in [-0.15, -0.1) is 0 Å². The minimum atomic E-state index is -0.0395. The van der Waals surface area contributed by atoms with Crippen LogP contribution in [0.25, 0.3) is 0 Å². The third-order valence-corrected chi connectivity index (χ3v) is 3.32. The molecule has 4 heteroatoms. The first kappa shape index (κ1) is 12.9. The maximum atomic E-state index is 11.0. The van der Waals surface area contributed by atoms with E-state index in [4.69, 9.17) is 0 Å². The molecule has 2 atom stereocenters. The first-order valence-electron chi connectivity index (χ1n) is 6.50. The molecular formula is C14H21N3O. The highest BCUT2D eigenvalue weighted by atomic mass is 16.1. The van der Waals surface area contributed by atoms with E-state index in [0.29, 0.717) is 12.0 Å². The number of anilines is 2. The second-order valence-corrected chi connectivity index (χ2v) is 4.98. The molecule has 98 valence electrons. The molecule has 0 unspecified atom stereocenters. The van der Waals surface area contributed by atoms with Crippen LogP contribution in [0.2, 0.25) is 0 Å². The fourth-order valence-electron chi connectivity index (χ4n) is 2.33. The van der Waals surface area contributed by atoms with Crippen LogP contribution >= 0.6 is 0 Å². The van der Waals surface area contributed by atoms with Crippen LogP contribution in [0.5, 0.6) is 0 Å². The lowest BCUT2D eigenvalue weighted by atomic mass is 9.95. The van der Waals surface area contributed by atoms with Crippen molar-refractivity contribution < 1.29 is 4.79 Å². The zero-order valence-electron chi connectivity index (χ0n) is 11.0. The Labute approximate surface area is 108 Å². The molecule has 1 aromatic carbocycles. The molecule has 0 saturated carbocycles. The third kappa shape index (κ3) is 3.47. The number of amides is 1. The molecule has 1 fully saturated rings. The van der Waals surface area contributed by atoms with Gasteiger partial charge in [-0.05, 0) is 43.6 Å². The Bertz CT molecular complexity index is 419. The lowest BCUT2D eigenvalue weighted by molar-refractivity contribution is -0.114. The van der Waals surface area contributed by atoms with Crippen LogP contribution in [-0.2, 0) is 4.79 Å². The molecule has 0 spiro atoms. The molecule has 0 bridgehead atoms. The van der Waals surface area contributed by atoms with Crippen molar-refractivity contribution in [1.82, 2.24) is 5.32 Å². The molecule has 0 radical (unpaired) electrons. The molecule has 1 heterocycles. The quantitative estimate of drug-likeness (QED) is 0.766. The average molecular weight is 247 g/mol. The molecule has 1 saturated heterocycles. The van der Waals surface area contributed by atoms with Crippen LogP contribution in [-0.4, -0.2) is 25.0 Å². The van der Waals surface area contributed by atoms with E-state index in [1.165, 1.54) is 6.92 Å². The summed E-state index contributed by atoms with van der Waals surface area (Å²) in [6.07, 6.45) is 1.13. The Balaban J connectivity index is 2.02. The van der Waals surface area contributed by atoms with Crippen molar-refractivity contribution in [2.24, 2.45) is 5.92 Å². The highest BCUT2D eigenvalue weighted by molar-refractivity contribution is 5.89. The van der Waals surface area contributed by atoms with Crippen molar-refractivity contribution in [3.05, 3.63) is 24.3 Å². The summed E-state index contributed by atoms with van der Waals surface area (Å²) in [5.41, 5.74) is 1.91. The molecule has 1 aliphatic heterocycles. The third-order valence-electron chi connectivity index (χ3n) is 3.32. The predicted molar refractivity (Wildman–Crippen MR) is 74.8 cm³/mol. The monoisotopic (exact) mass is 247 g/mol. The summed E-state index contributed by atoms with van der Waals surface area (Å²) in [7, 11) is 0. The summed E-state index contributed by atoms with van der Waals surface area (Å²) < 4.78 is 0. The molecule has 2 rings (SSSR count). The minimum absolute atomic E-state index is 0.0395. The topological polar surface area (TPSA) is 53.2 Å².